The van der Waals surface area contributed by atoms with Crippen LogP contribution in [0.1, 0.15) is 35.8 Å². The predicted molar refractivity (Wildman–Crippen MR) is 99.9 cm³/mol. The number of aryl methyl sites for hydroxylation is 1. The number of ether oxygens (including phenoxy) is 1. The molecule has 0 bridgehead atoms. The number of nitrogens with one attached hydrogen (secondary N) is 1. The van der Waals surface area contributed by atoms with Crippen LogP contribution in [-0.2, 0) is 4.74 Å². The Labute approximate surface area is 153 Å². The van der Waals surface area contributed by atoms with Gasteiger partial charge in [-0.2, -0.15) is 0 Å². The summed E-state index contributed by atoms with van der Waals surface area (Å²) in [5.74, 6) is 0.0250. The van der Waals surface area contributed by atoms with Crippen LogP contribution >= 0.6 is 0 Å². The summed E-state index contributed by atoms with van der Waals surface area (Å²) in [5, 5.41) is 12.8. The normalized spacial score (nSPS) is 15.0. The van der Waals surface area contributed by atoms with Crippen LogP contribution in [0, 0.1) is 6.92 Å². The van der Waals surface area contributed by atoms with E-state index in [1.807, 2.05) is 24.3 Å². The van der Waals surface area contributed by atoms with Crippen molar-refractivity contribution in [2.24, 2.45) is 0 Å². The van der Waals surface area contributed by atoms with Crippen molar-refractivity contribution in [1.29, 1.82) is 0 Å². The molecule has 1 fully saturated rings. The van der Waals surface area contributed by atoms with Crippen LogP contribution in [0.4, 0.5) is 17.3 Å². The number of carbonyl (C=O) groups excluding carboxylic acids is 1. The van der Waals surface area contributed by atoms with Gasteiger partial charge in [0.15, 0.2) is 0 Å². The summed E-state index contributed by atoms with van der Waals surface area (Å²) in [5.41, 5.74) is 2.95. The van der Waals surface area contributed by atoms with Crippen LogP contribution in [0.5, 0.6) is 0 Å². The fourth-order valence-electron chi connectivity index (χ4n) is 2.95. The van der Waals surface area contributed by atoms with Gasteiger partial charge in [-0.25, -0.2) is 14.8 Å². The molecule has 0 unspecified atom stereocenters. The molecule has 1 aliphatic heterocycles. The van der Waals surface area contributed by atoms with Gasteiger partial charge in [0.25, 0.3) is 0 Å². The highest BCUT2D eigenvalue weighted by atomic mass is 16.5. The van der Waals surface area contributed by atoms with E-state index in [1.165, 1.54) is 6.20 Å². The van der Waals surface area contributed by atoms with Crippen molar-refractivity contribution in [2.45, 2.75) is 32.8 Å². The smallest absolute Gasteiger partial charge is 0.341 e. The average Bonchev–Trinajstić information content (AvgIpc) is 2.63. The molecular formula is C19H24N4O3. The molecule has 2 aromatic rings. The van der Waals surface area contributed by atoms with E-state index in [9.17, 15) is 9.90 Å². The molecule has 1 aromatic heterocycles. The van der Waals surface area contributed by atoms with Gasteiger partial charge in [0.1, 0.15) is 0 Å². The van der Waals surface area contributed by atoms with Gasteiger partial charge in [-0.3, -0.25) is 0 Å². The maximum absolute atomic E-state index is 11.8. The van der Waals surface area contributed by atoms with Crippen molar-refractivity contribution in [2.75, 3.05) is 29.9 Å². The Kier molecular flexibility index (Phi) is 5.68. The van der Waals surface area contributed by atoms with E-state index in [0.717, 1.165) is 37.3 Å². The zero-order chi connectivity index (χ0) is 18.5. The summed E-state index contributed by atoms with van der Waals surface area (Å²) in [6.07, 6.45) is 2.92. The summed E-state index contributed by atoms with van der Waals surface area (Å²) < 4.78 is 4.98. The van der Waals surface area contributed by atoms with Gasteiger partial charge in [0, 0.05) is 30.7 Å². The molecule has 138 valence electrons. The van der Waals surface area contributed by atoms with Gasteiger partial charge in [-0.1, -0.05) is 0 Å². The highest BCUT2D eigenvalue weighted by molar-refractivity contribution is 5.90. The van der Waals surface area contributed by atoms with Crippen LogP contribution in [0.25, 0.3) is 0 Å². The molecule has 7 nitrogen and oxygen atoms in total. The third-order valence-electron chi connectivity index (χ3n) is 4.43. The van der Waals surface area contributed by atoms with E-state index in [2.05, 4.69) is 20.2 Å². The summed E-state index contributed by atoms with van der Waals surface area (Å²) in [6, 6.07) is 8.02. The predicted octanol–water partition coefficient (Wildman–Crippen LogP) is 2.67. The standard InChI is InChI=1S/C19H24N4O3/c1-3-26-18(25)17-12-20-19(21-13(17)2)22-14-4-6-15(7-5-14)23-10-8-16(24)9-11-23/h4-7,12,16,24H,3,8-11H2,1-2H3,(H,20,21,22). The van der Waals surface area contributed by atoms with Gasteiger partial charge in [-0.15, -0.1) is 0 Å². The molecule has 0 aliphatic carbocycles. The third kappa shape index (κ3) is 4.29. The second-order valence-electron chi connectivity index (χ2n) is 6.30. The van der Waals surface area contributed by atoms with E-state index >= 15 is 0 Å². The molecule has 3 rings (SSSR count). The lowest BCUT2D eigenvalue weighted by molar-refractivity contribution is 0.0524. The van der Waals surface area contributed by atoms with Crippen molar-refractivity contribution in [1.82, 2.24) is 9.97 Å². The topological polar surface area (TPSA) is 87.6 Å². The van der Waals surface area contributed by atoms with Crippen LogP contribution in [0.15, 0.2) is 30.5 Å². The van der Waals surface area contributed by atoms with Crippen LogP contribution in [-0.4, -0.2) is 46.8 Å². The number of carbonyl (C=O) groups is 1. The number of esters is 1. The van der Waals surface area contributed by atoms with Crippen molar-refractivity contribution in [3.8, 4) is 0 Å². The van der Waals surface area contributed by atoms with Gasteiger partial charge >= 0.3 is 5.97 Å². The van der Waals surface area contributed by atoms with Crippen molar-refractivity contribution in [3.05, 3.63) is 41.7 Å². The lowest BCUT2D eigenvalue weighted by Crippen LogP contribution is -2.35. The summed E-state index contributed by atoms with van der Waals surface area (Å²) in [6.45, 7) is 5.57. The molecule has 1 saturated heterocycles. The first-order valence-corrected chi connectivity index (χ1v) is 8.87. The molecule has 0 radical (unpaired) electrons. The number of piperidine rings is 1. The summed E-state index contributed by atoms with van der Waals surface area (Å²) >= 11 is 0. The number of anilines is 3. The molecule has 2 heterocycles. The van der Waals surface area contributed by atoms with E-state index < -0.39 is 5.97 Å². The zero-order valence-electron chi connectivity index (χ0n) is 15.1. The molecular weight excluding hydrogens is 332 g/mol. The Hall–Kier alpha value is -2.67. The number of aliphatic hydroxyl groups is 1. The van der Waals surface area contributed by atoms with Crippen molar-refractivity contribution >= 4 is 23.3 Å². The summed E-state index contributed by atoms with van der Waals surface area (Å²) in [7, 11) is 0. The first-order chi connectivity index (χ1) is 12.6. The minimum atomic E-state index is -0.410. The Morgan fingerprint density at radius 3 is 2.62 bits per heavy atom. The fraction of sp³-hybridized carbons (Fsp3) is 0.421. The zero-order valence-corrected chi connectivity index (χ0v) is 15.1. The Morgan fingerprint density at radius 2 is 2.00 bits per heavy atom. The number of rotatable bonds is 5. The lowest BCUT2D eigenvalue weighted by Gasteiger charge is -2.31. The second-order valence-corrected chi connectivity index (χ2v) is 6.30. The van der Waals surface area contributed by atoms with E-state index in [-0.39, 0.29) is 6.10 Å². The minimum Gasteiger partial charge on any atom is -0.462 e. The van der Waals surface area contributed by atoms with Crippen LogP contribution in [0.3, 0.4) is 0 Å². The third-order valence-corrected chi connectivity index (χ3v) is 4.43. The SMILES string of the molecule is CCOC(=O)c1cnc(Nc2ccc(N3CCC(O)CC3)cc2)nc1C. The lowest BCUT2D eigenvalue weighted by atomic mass is 10.1. The van der Waals surface area contributed by atoms with Gasteiger partial charge < -0.3 is 20.1 Å². The minimum absolute atomic E-state index is 0.176. The first kappa shape index (κ1) is 18.1. The van der Waals surface area contributed by atoms with E-state index in [1.54, 1.807) is 13.8 Å². The molecule has 0 amide bonds. The Bertz CT molecular complexity index is 756. The number of hydrogen-bond donors (Lipinski definition) is 2. The van der Waals surface area contributed by atoms with E-state index in [4.69, 9.17) is 4.74 Å². The molecule has 26 heavy (non-hydrogen) atoms. The second kappa shape index (κ2) is 8.14. The number of hydrogen-bond acceptors (Lipinski definition) is 7. The fourth-order valence-corrected chi connectivity index (χ4v) is 2.95. The van der Waals surface area contributed by atoms with Crippen molar-refractivity contribution in [3.63, 3.8) is 0 Å². The number of benzene rings is 1. The largest absolute Gasteiger partial charge is 0.462 e. The Morgan fingerprint density at radius 1 is 1.31 bits per heavy atom. The van der Waals surface area contributed by atoms with Gasteiger partial charge in [-0.05, 0) is 51.0 Å². The average molecular weight is 356 g/mol. The molecule has 1 aliphatic rings. The molecule has 0 atom stereocenters. The monoisotopic (exact) mass is 356 g/mol. The number of nitrogens with zero attached hydrogens (tertiary/aromatic N) is 3. The first-order valence-electron chi connectivity index (χ1n) is 8.87. The molecule has 2 N–H and O–H groups in total. The van der Waals surface area contributed by atoms with Gasteiger partial charge in [0.05, 0.1) is 24.0 Å². The highest BCUT2D eigenvalue weighted by Crippen LogP contribution is 2.23. The number of aliphatic hydroxyl groups excluding tert-OH is 1. The molecule has 7 heteroatoms. The van der Waals surface area contributed by atoms with Gasteiger partial charge in [0.2, 0.25) is 5.95 Å². The maximum Gasteiger partial charge on any atom is 0.341 e. The van der Waals surface area contributed by atoms with Crippen LogP contribution < -0.4 is 10.2 Å². The van der Waals surface area contributed by atoms with Crippen LogP contribution in [0.2, 0.25) is 0 Å². The Balaban J connectivity index is 1.65. The molecule has 0 saturated carbocycles. The highest BCUT2D eigenvalue weighted by Gasteiger charge is 2.17. The molecule has 1 aromatic carbocycles. The number of aromatic nitrogens is 2. The quantitative estimate of drug-likeness (QED) is 0.796. The van der Waals surface area contributed by atoms with E-state index in [0.29, 0.717) is 23.8 Å². The maximum atomic E-state index is 11.8. The molecule has 0 spiro atoms. The van der Waals surface area contributed by atoms with Crippen molar-refractivity contribution < 1.29 is 14.6 Å². The summed E-state index contributed by atoms with van der Waals surface area (Å²) in [4.78, 5) is 22.6.